The quantitative estimate of drug-likeness (QED) is 0.155. The number of nitrogens with two attached hydrogens (primary N) is 1. The summed E-state index contributed by atoms with van der Waals surface area (Å²) >= 11 is 1.01. The van der Waals surface area contributed by atoms with E-state index in [4.69, 9.17) is 26.1 Å². The fourth-order valence-electron chi connectivity index (χ4n) is 2.40. The SMILES string of the molecule is N=C(N)c1ccc(OC(=O)c2ccc(CCC(=O)N[C@@H](CC(=O)O)C(=O)O)s2)c(F)c1. The molecule has 1 atom stereocenters. The van der Waals surface area contributed by atoms with Gasteiger partial charge in [0.25, 0.3) is 0 Å². The Balaban J connectivity index is 1.93. The number of hydrogen-bond acceptors (Lipinski definition) is 7. The predicted octanol–water partition coefficient (Wildman–Crippen LogP) is 1.37. The number of rotatable bonds is 10. The lowest BCUT2D eigenvalue weighted by Gasteiger charge is -2.11. The third kappa shape index (κ3) is 6.89. The lowest BCUT2D eigenvalue weighted by atomic mass is 10.2. The number of amides is 1. The van der Waals surface area contributed by atoms with Crippen LogP contribution in [0.2, 0.25) is 0 Å². The molecular formula is C19H18FN3O7S. The minimum absolute atomic E-state index is 0.125. The summed E-state index contributed by atoms with van der Waals surface area (Å²) in [6, 6.07) is 4.95. The average Bonchev–Trinajstić information content (AvgIpc) is 3.16. The summed E-state index contributed by atoms with van der Waals surface area (Å²) in [5.41, 5.74) is 5.41. The maximum Gasteiger partial charge on any atom is 0.353 e. The van der Waals surface area contributed by atoms with Gasteiger partial charge in [-0.3, -0.25) is 15.0 Å². The maximum atomic E-state index is 14.0. The number of carboxylic acid groups (broad SMARTS) is 2. The number of ether oxygens (including phenoxy) is 1. The number of halogens is 1. The summed E-state index contributed by atoms with van der Waals surface area (Å²) in [5.74, 6) is -5.81. The van der Waals surface area contributed by atoms with Gasteiger partial charge in [0.05, 0.1) is 6.42 Å². The number of nitrogens with one attached hydrogen (secondary N) is 2. The van der Waals surface area contributed by atoms with Gasteiger partial charge >= 0.3 is 17.9 Å². The Kier molecular flexibility index (Phi) is 7.80. The van der Waals surface area contributed by atoms with Gasteiger partial charge < -0.3 is 26.0 Å². The van der Waals surface area contributed by atoms with E-state index in [-0.39, 0.29) is 34.9 Å². The van der Waals surface area contributed by atoms with Crippen molar-refractivity contribution < 1.29 is 38.5 Å². The van der Waals surface area contributed by atoms with Gasteiger partial charge in [-0.15, -0.1) is 11.3 Å². The number of carbonyl (C=O) groups excluding carboxylic acids is 2. The van der Waals surface area contributed by atoms with Crippen LogP contribution in [0.4, 0.5) is 4.39 Å². The third-order valence-corrected chi connectivity index (χ3v) is 5.04. The van der Waals surface area contributed by atoms with Gasteiger partial charge in [0.2, 0.25) is 5.91 Å². The van der Waals surface area contributed by atoms with Crippen LogP contribution in [0.25, 0.3) is 0 Å². The van der Waals surface area contributed by atoms with E-state index < -0.39 is 42.1 Å². The number of aryl methyl sites for hydroxylation is 1. The highest BCUT2D eigenvalue weighted by atomic mass is 32.1. The topological polar surface area (TPSA) is 180 Å². The van der Waals surface area contributed by atoms with E-state index in [0.717, 1.165) is 17.4 Å². The van der Waals surface area contributed by atoms with E-state index in [1.165, 1.54) is 18.2 Å². The second-order valence-electron chi connectivity index (χ2n) is 6.27. The van der Waals surface area contributed by atoms with Gasteiger partial charge in [-0.05, 0) is 36.8 Å². The van der Waals surface area contributed by atoms with Crippen LogP contribution < -0.4 is 15.8 Å². The van der Waals surface area contributed by atoms with Gasteiger partial charge in [0.15, 0.2) is 11.6 Å². The number of hydrogen-bond donors (Lipinski definition) is 5. The van der Waals surface area contributed by atoms with Crippen molar-refractivity contribution in [3.63, 3.8) is 0 Å². The molecule has 10 nitrogen and oxygen atoms in total. The zero-order valence-electron chi connectivity index (χ0n) is 15.9. The molecule has 1 amide bonds. The molecule has 6 N–H and O–H groups in total. The van der Waals surface area contributed by atoms with E-state index in [1.807, 2.05) is 0 Å². The Bertz CT molecular complexity index is 1040. The van der Waals surface area contributed by atoms with Gasteiger partial charge in [0.1, 0.15) is 16.8 Å². The van der Waals surface area contributed by atoms with E-state index >= 15 is 0 Å². The number of carboxylic acids is 2. The third-order valence-electron chi connectivity index (χ3n) is 3.92. The summed E-state index contributed by atoms with van der Waals surface area (Å²) in [5, 5.41) is 27.0. The Morgan fingerprint density at radius 1 is 1.19 bits per heavy atom. The lowest BCUT2D eigenvalue weighted by Crippen LogP contribution is -2.42. The molecule has 0 aliphatic heterocycles. The fourth-order valence-corrected chi connectivity index (χ4v) is 3.28. The van der Waals surface area contributed by atoms with Crippen molar-refractivity contribution >= 4 is 41.0 Å². The highest BCUT2D eigenvalue weighted by molar-refractivity contribution is 7.13. The van der Waals surface area contributed by atoms with Crippen molar-refractivity contribution in [1.82, 2.24) is 5.32 Å². The number of amidine groups is 1. The molecule has 0 radical (unpaired) electrons. The molecule has 0 fully saturated rings. The Hall–Kier alpha value is -3.80. The van der Waals surface area contributed by atoms with E-state index in [0.29, 0.717) is 4.88 Å². The van der Waals surface area contributed by atoms with Gasteiger partial charge in [-0.1, -0.05) is 0 Å². The minimum atomic E-state index is -1.54. The number of aliphatic carboxylic acids is 2. The first-order valence-electron chi connectivity index (χ1n) is 8.75. The van der Waals surface area contributed by atoms with Crippen molar-refractivity contribution in [3.05, 3.63) is 51.5 Å². The van der Waals surface area contributed by atoms with Gasteiger partial charge in [0, 0.05) is 16.9 Å². The van der Waals surface area contributed by atoms with Crippen LogP contribution in [-0.4, -0.2) is 45.9 Å². The van der Waals surface area contributed by atoms with E-state index in [2.05, 4.69) is 5.32 Å². The fraction of sp³-hybridized carbons (Fsp3) is 0.211. The standard InChI is InChI=1S/C19H18FN3O7S/c20-11-7-9(17(21)22)1-4-13(11)30-19(29)14-5-2-10(31-14)3-6-15(24)23-12(18(27)28)8-16(25)26/h1-2,4-5,7,12H,3,6,8H2,(H3,21,22)(H,23,24)(H,25,26)(H,27,28)/t12-/m0/s1. The highest BCUT2D eigenvalue weighted by Crippen LogP contribution is 2.23. The van der Waals surface area contributed by atoms with Crippen LogP contribution in [-0.2, 0) is 20.8 Å². The molecule has 12 heteroatoms. The number of nitrogen functional groups attached to an aromatic ring is 1. The zero-order chi connectivity index (χ0) is 23.1. The maximum absolute atomic E-state index is 14.0. The van der Waals surface area contributed by atoms with Crippen molar-refractivity contribution in [2.45, 2.75) is 25.3 Å². The average molecular weight is 451 g/mol. The van der Waals surface area contributed by atoms with Crippen LogP contribution in [0.1, 0.15) is 33.0 Å². The lowest BCUT2D eigenvalue weighted by molar-refractivity contribution is -0.147. The largest absolute Gasteiger partial charge is 0.481 e. The summed E-state index contributed by atoms with van der Waals surface area (Å²) < 4.78 is 19.0. The van der Waals surface area contributed by atoms with Crippen LogP contribution in [0, 0.1) is 11.2 Å². The second-order valence-corrected chi connectivity index (χ2v) is 7.44. The van der Waals surface area contributed by atoms with Crippen LogP contribution in [0.5, 0.6) is 5.75 Å². The van der Waals surface area contributed by atoms with Crippen molar-refractivity contribution in [2.24, 2.45) is 5.73 Å². The first-order chi connectivity index (χ1) is 14.6. The Morgan fingerprint density at radius 2 is 1.90 bits per heavy atom. The molecular weight excluding hydrogens is 433 g/mol. The van der Waals surface area contributed by atoms with Gasteiger partial charge in [-0.25, -0.2) is 14.0 Å². The molecule has 0 saturated heterocycles. The highest BCUT2D eigenvalue weighted by Gasteiger charge is 2.23. The number of esters is 1. The Labute approximate surface area is 179 Å². The first-order valence-corrected chi connectivity index (χ1v) is 9.57. The molecule has 1 heterocycles. The molecule has 0 bridgehead atoms. The summed E-state index contributed by atoms with van der Waals surface area (Å²) in [6.45, 7) is 0. The van der Waals surface area contributed by atoms with Crippen LogP contribution in [0.3, 0.4) is 0 Å². The van der Waals surface area contributed by atoms with Crippen LogP contribution >= 0.6 is 11.3 Å². The smallest absolute Gasteiger partial charge is 0.353 e. The summed E-state index contributed by atoms with van der Waals surface area (Å²) in [7, 11) is 0. The molecule has 0 unspecified atom stereocenters. The van der Waals surface area contributed by atoms with E-state index in [9.17, 15) is 23.6 Å². The van der Waals surface area contributed by atoms with E-state index in [1.54, 1.807) is 6.07 Å². The normalized spacial score (nSPS) is 11.4. The zero-order valence-corrected chi connectivity index (χ0v) is 16.7. The van der Waals surface area contributed by atoms with Crippen molar-refractivity contribution in [1.29, 1.82) is 5.41 Å². The van der Waals surface area contributed by atoms with Crippen LogP contribution in [0.15, 0.2) is 30.3 Å². The number of benzene rings is 1. The molecule has 0 spiro atoms. The summed E-state index contributed by atoms with van der Waals surface area (Å²) in [6.07, 6.45) is -0.704. The molecule has 1 aromatic carbocycles. The number of carbonyl (C=O) groups is 4. The van der Waals surface area contributed by atoms with Gasteiger partial charge in [-0.2, -0.15) is 0 Å². The molecule has 1 aromatic heterocycles. The monoisotopic (exact) mass is 451 g/mol. The molecule has 2 rings (SSSR count). The molecule has 0 aliphatic rings. The Morgan fingerprint density at radius 3 is 2.48 bits per heavy atom. The molecule has 0 aliphatic carbocycles. The van der Waals surface area contributed by atoms with Crippen molar-refractivity contribution in [2.75, 3.05) is 0 Å². The number of thiophene rings is 1. The molecule has 31 heavy (non-hydrogen) atoms. The molecule has 2 aromatic rings. The minimum Gasteiger partial charge on any atom is -0.481 e. The second kappa shape index (κ2) is 10.3. The predicted molar refractivity (Wildman–Crippen MR) is 107 cm³/mol. The first kappa shape index (κ1) is 23.5. The molecule has 0 saturated carbocycles. The summed E-state index contributed by atoms with van der Waals surface area (Å²) in [4.78, 5) is 46.5. The molecule has 164 valence electrons. The van der Waals surface area contributed by atoms with Crippen molar-refractivity contribution in [3.8, 4) is 5.75 Å².